The number of carbonyl (C=O) groups is 2. The Kier molecular flexibility index (Phi) is 8.79. The van der Waals surface area contributed by atoms with Crippen molar-refractivity contribution in [1.82, 2.24) is 20.5 Å². The summed E-state index contributed by atoms with van der Waals surface area (Å²) in [5.74, 6) is -1.19. The van der Waals surface area contributed by atoms with Crippen molar-refractivity contribution in [2.24, 2.45) is 5.41 Å². The molecular weight excluding hydrogens is 492 g/mol. The molecule has 0 unspecified atom stereocenters. The molecule has 1 amide bonds. The molecule has 1 fully saturated rings. The van der Waals surface area contributed by atoms with Gasteiger partial charge < -0.3 is 20.6 Å². The smallest absolute Gasteiger partial charge is 0.304 e. The highest BCUT2D eigenvalue weighted by Gasteiger charge is 2.45. The number of piperazine rings is 1. The number of carbonyl (C=O) groups excluding carboxylic acids is 1. The Hall–Kier alpha value is -2.72. The molecule has 2 aliphatic rings. The van der Waals surface area contributed by atoms with E-state index in [0.717, 1.165) is 45.4 Å². The molecule has 0 saturated carbocycles. The van der Waals surface area contributed by atoms with Crippen LogP contribution in [0.5, 0.6) is 0 Å². The van der Waals surface area contributed by atoms with E-state index in [1.165, 1.54) is 24.4 Å². The summed E-state index contributed by atoms with van der Waals surface area (Å²) >= 11 is 5.83. The fraction of sp³-hybridized carbons (Fsp3) is 0.370. The lowest BCUT2D eigenvalue weighted by Crippen LogP contribution is -2.43. The minimum Gasteiger partial charge on any atom is -0.481 e. The van der Waals surface area contributed by atoms with E-state index in [2.05, 4.69) is 40.2 Å². The first-order valence-electron chi connectivity index (χ1n) is 12.0. The first-order chi connectivity index (χ1) is 17.3. The number of thiol groups is 1. The van der Waals surface area contributed by atoms with Gasteiger partial charge >= 0.3 is 5.97 Å². The van der Waals surface area contributed by atoms with Crippen LogP contribution >= 0.6 is 24.0 Å². The van der Waals surface area contributed by atoms with Gasteiger partial charge in [-0.25, -0.2) is 4.98 Å². The van der Waals surface area contributed by atoms with Crippen molar-refractivity contribution in [2.75, 3.05) is 33.2 Å². The van der Waals surface area contributed by atoms with Gasteiger partial charge in [0.25, 0.3) is 0 Å². The van der Waals surface area contributed by atoms with Gasteiger partial charge in [-0.05, 0) is 43.1 Å². The van der Waals surface area contributed by atoms with Crippen molar-refractivity contribution >= 4 is 35.8 Å². The highest BCUT2D eigenvalue weighted by Crippen LogP contribution is 2.40. The predicted octanol–water partition coefficient (Wildman–Crippen LogP) is 3.50. The maximum absolute atomic E-state index is 13.1. The number of aliphatic carboxylic acids is 1. The second kappa shape index (κ2) is 12.0. The van der Waals surface area contributed by atoms with E-state index in [0.29, 0.717) is 12.8 Å². The summed E-state index contributed by atoms with van der Waals surface area (Å²) in [6.45, 7) is 5.02. The minimum atomic E-state index is -0.962. The van der Waals surface area contributed by atoms with Crippen LogP contribution in [-0.2, 0) is 29.0 Å². The van der Waals surface area contributed by atoms with Gasteiger partial charge in [-0.3, -0.25) is 9.59 Å². The molecule has 9 heteroatoms. The monoisotopic (exact) mass is 524 g/mol. The number of hydrogen-bond donors (Lipinski definition) is 4. The van der Waals surface area contributed by atoms with Crippen LogP contribution in [0, 0.1) is 5.41 Å². The number of hydrogen-bond acceptors (Lipinski definition) is 7. The van der Waals surface area contributed by atoms with E-state index in [-0.39, 0.29) is 18.9 Å². The molecule has 0 radical (unpaired) electrons. The van der Waals surface area contributed by atoms with Gasteiger partial charge in [-0.2, -0.15) is 0 Å². The Morgan fingerprint density at radius 3 is 2.42 bits per heavy atom. The van der Waals surface area contributed by atoms with Crippen molar-refractivity contribution in [1.29, 1.82) is 0 Å². The number of fused-ring (bicyclic) bond motifs is 1. The Labute approximate surface area is 221 Å². The van der Waals surface area contributed by atoms with E-state index in [1.54, 1.807) is 0 Å². The van der Waals surface area contributed by atoms with Crippen LogP contribution in [0.15, 0.2) is 58.8 Å². The molecule has 1 saturated heterocycles. The number of carboxylic acids is 1. The second-order valence-corrected chi connectivity index (χ2v) is 10.8. The van der Waals surface area contributed by atoms with E-state index in [4.69, 9.17) is 0 Å². The zero-order chi connectivity index (χ0) is 25.5. The molecule has 1 aromatic heterocycles. The normalized spacial score (nSPS) is 16.5. The lowest BCUT2D eigenvalue weighted by molar-refractivity contribution is -0.145. The van der Waals surface area contributed by atoms with E-state index in [9.17, 15) is 14.7 Å². The number of nitrogens with zero attached hydrogens (tertiary/aromatic N) is 2. The molecule has 7 nitrogen and oxygen atoms in total. The maximum Gasteiger partial charge on any atom is 0.304 e. The molecule has 2 heterocycles. The van der Waals surface area contributed by atoms with Gasteiger partial charge in [0.15, 0.2) is 0 Å². The number of thiazole rings is 1. The van der Waals surface area contributed by atoms with Gasteiger partial charge in [0, 0.05) is 42.0 Å². The SMILES string of the molecule is CN1CCNCC1.O=C(O)CC1(C(=O)NCc2nc(-c3cccc(S)c3)cs2)Cc2ccccc2C1. The molecule has 0 atom stereocenters. The first-order valence-corrected chi connectivity index (χ1v) is 13.4. The number of likely N-dealkylation sites (N-methyl/N-ethyl adjacent to an activating group) is 1. The zero-order valence-electron chi connectivity index (χ0n) is 20.4. The third kappa shape index (κ3) is 6.73. The summed E-state index contributed by atoms with van der Waals surface area (Å²) in [7, 11) is 2.15. The topological polar surface area (TPSA) is 94.6 Å². The summed E-state index contributed by atoms with van der Waals surface area (Å²) < 4.78 is 0. The largest absolute Gasteiger partial charge is 0.481 e. The number of rotatable bonds is 6. The van der Waals surface area contributed by atoms with Crippen LogP contribution in [0.4, 0.5) is 0 Å². The van der Waals surface area contributed by atoms with Crippen LogP contribution in [0.3, 0.4) is 0 Å². The summed E-state index contributed by atoms with van der Waals surface area (Å²) in [6, 6.07) is 15.5. The van der Waals surface area contributed by atoms with Gasteiger partial charge in [0.05, 0.1) is 24.1 Å². The molecule has 190 valence electrons. The fourth-order valence-corrected chi connectivity index (χ4v) is 5.63. The van der Waals surface area contributed by atoms with Gasteiger partial charge in [-0.15, -0.1) is 24.0 Å². The van der Waals surface area contributed by atoms with E-state index >= 15 is 0 Å². The third-order valence-electron chi connectivity index (χ3n) is 6.58. The molecule has 2 aromatic carbocycles. The van der Waals surface area contributed by atoms with Crippen LogP contribution in [0.25, 0.3) is 11.3 Å². The second-order valence-electron chi connectivity index (χ2n) is 9.39. The zero-order valence-corrected chi connectivity index (χ0v) is 22.1. The summed E-state index contributed by atoms with van der Waals surface area (Å²) in [6.07, 6.45) is 0.698. The highest BCUT2D eigenvalue weighted by atomic mass is 32.1. The molecular formula is C27H32N4O3S2. The van der Waals surface area contributed by atoms with Crippen molar-refractivity contribution in [2.45, 2.75) is 30.7 Å². The third-order valence-corrected chi connectivity index (χ3v) is 7.71. The average molecular weight is 525 g/mol. The number of amides is 1. The lowest BCUT2D eigenvalue weighted by atomic mass is 9.80. The van der Waals surface area contributed by atoms with Gasteiger partial charge in [0.2, 0.25) is 5.91 Å². The molecule has 0 bridgehead atoms. The highest BCUT2D eigenvalue weighted by molar-refractivity contribution is 7.80. The molecule has 5 rings (SSSR count). The minimum absolute atomic E-state index is 0.189. The van der Waals surface area contributed by atoms with E-state index in [1.807, 2.05) is 53.9 Å². The fourth-order valence-electron chi connectivity index (χ4n) is 4.66. The number of benzene rings is 2. The summed E-state index contributed by atoms with van der Waals surface area (Å²) in [5.41, 5.74) is 2.96. The number of carboxylic acid groups (broad SMARTS) is 1. The first kappa shape index (κ1) is 26.3. The van der Waals surface area contributed by atoms with Crippen LogP contribution in [-0.4, -0.2) is 60.1 Å². The maximum atomic E-state index is 13.1. The van der Waals surface area contributed by atoms with Crippen molar-refractivity contribution in [3.05, 3.63) is 70.0 Å². The van der Waals surface area contributed by atoms with Crippen molar-refractivity contribution in [3.8, 4) is 11.3 Å². The average Bonchev–Trinajstić information content (AvgIpc) is 3.48. The Balaban J connectivity index is 0.000000375. The summed E-state index contributed by atoms with van der Waals surface area (Å²) in [4.78, 5) is 32.3. The number of aromatic nitrogens is 1. The number of nitrogens with one attached hydrogen (secondary N) is 2. The molecule has 0 spiro atoms. The predicted molar refractivity (Wildman–Crippen MR) is 146 cm³/mol. The van der Waals surface area contributed by atoms with Crippen LogP contribution in [0.2, 0.25) is 0 Å². The Morgan fingerprint density at radius 1 is 1.14 bits per heavy atom. The molecule has 3 N–H and O–H groups in total. The summed E-state index contributed by atoms with van der Waals surface area (Å²) in [5, 5.41) is 18.3. The Morgan fingerprint density at radius 2 is 1.83 bits per heavy atom. The quantitative estimate of drug-likeness (QED) is 0.369. The lowest BCUT2D eigenvalue weighted by Gasteiger charge is -2.25. The van der Waals surface area contributed by atoms with E-state index < -0.39 is 11.4 Å². The molecule has 1 aliphatic heterocycles. The Bertz CT molecular complexity index is 1180. The molecule has 36 heavy (non-hydrogen) atoms. The molecule has 3 aromatic rings. The van der Waals surface area contributed by atoms with Crippen molar-refractivity contribution < 1.29 is 14.7 Å². The standard InChI is InChI=1S/C22H20N2O3S2.C5H12N2/c25-20(26)11-22(9-15-4-1-2-5-16(15)10-22)21(27)23-12-19-24-18(13-29-19)14-6-3-7-17(28)8-14;1-7-4-2-6-3-5-7/h1-8,13,28H,9-12H2,(H,23,27)(H,25,26);6H,2-5H2,1H3. The van der Waals surface area contributed by atoms with Gasteiger partial charge in [-0.1, -0.05) is 36.4 Å². The van der Waals surface area contributed by atoms with Gasteiger partial charge in [0.1, 0.15) is 5.01 Å². The van der Waals surface area contributed by atoms with Crippen LogP contribution < -0.4 is 10.6 Å². The molecule has 1 aliphatic carbocycles. The van der Waals surface area contributed by atoms with Crippen LogP contribution in [0.1, 0.15) is 22.6 Å². The van der Waals surface area contributed by atoms with Crippen molar-refractivity contribution in [3.63, 3.8) is 0 Å².